The van der Waals surface area contributed by atoms with Crippen LogP contribution in [0, 0.1) is 5.92 Å². The lowest BCUT2D eigenvalue weighted by Gasteiger charge is -2.15. The van der Waals surface area contributed by atoms with E-state index in [4.69, 9.17) is 19.9 Å². The Morgan fingerprint density at radius 3 is 2.29 bits per heavy atom. The number of hydrogen-bond acceptors (Lipinski definition) is 4. The Kier molecular flexibility index (Phi) is 3.43. The van der Waals surface area contributed by atoms with Gasteiger partial charge in [-0.25, -0.2) is 0 Å². The van der Waals surface area contributed by atoms with E-state index in [1.807, 2.05) is 12.1 Å². The minimum atomic E-state index is 0.495. The fraction of sp³-hybridized carbons (Fsp3) is 0.538. The zero-order chi connectivity index (χ0) is 12.4. The van der Waals surface area contributed by atoms with Gasteiger partial charge in [0.05, 0.1) is 21.3 Å². The minimum absolute atomic E-state index is 0.495. The summed E-state index contributed by atoms with van der Waals surface area (Å²) in [6.07, 6.45) is 1.13. The highest BCUT2D eigenvalue weighted by molar-refractivity contribution is 5.57. The molecule has 2 unspecified atom stereocenters. The van der Waals surface area contributed by atoms with Gasteiger partial charge in [-0.3, -0.25) is 0 Å². The average molecular weight is 237 g/mol. The molecule has 0 heterocycles. The number of benzene rings is 1. The van der Waals surface area contributed by atoms with Crippen LogP contribution in [0.4, 0.5) is 0 Å². The van der Waals surface area contributed by atoms with Crippen LogP contribution >= 0.6 is 0 Å². The summed E-state index contributed by atoms with van der Waals surface area (Å²) in [7, 11) is 4.90. The molecule has 0 amide bonds. The SMILES string of the molecule is COc1ccc(C2CC2CN)c(OC)c1OC. The van der Waals surface area contributed by atoms with Crippen molar-refractivity contribution in [1.82, 2.24) is 0 Å². The Morgan fingerprint density at radius 1 is 1.12 bits per heavy atom. The molecular weight excluding hydrogens is 218 g/mol. The zero-order valence-electron chi connectivity index (χ0n) is 10.5. The van der Waals surface area contributed by atoms with E-state index in [9.17, 15) is 0 Å². The van der Waals surface area contributed by atoms with E-state index < -0.39 is 0 Å². The monoisotopic (exact) mass is 237 g/mol. The molecule has 1 aromatic carbocycles. The fourth-order valence-electron chi connectivity index (χ4n) is 2.31. The molecule has 1 aromatic rings. The van der Waals surface area contributed by atoms with Crippen LogP contribution in [-0.2, 0) is 0 Å². The highest BCUT2D eigenvalue weighted by atomic mass is 16.5. The quantitative estimate of drug-likeness (QED) is 0.848. The molecule has 0 bridgehead atoms. The lowest BCUT2D eigenvalue weighted by Crippen LogP contribution is -2.03. The molecule has 1 aliphatic carbocycles. The van der Waals surface area contributed by atoms with Gasteiger partial charge in [0.25, 0.3) is 0 Å². The maximum Gasteiger partial charge on any atom is 0.203 e. The molecular formula is C13H19NO3. The third-order valence-electron chi connectivity index (χ3n) is 3.36. The van der Waals surface area contributed by atoms with Gasteiger partial charge in [0, 0.05) is 5.56 Å². The van der Waals surface area contributed by atoms with E-state index >= 15 is 0 Å². The molecule has 17 heavy (non-hydrogen) atoms. The molecule has 94 valence electrons. The number of rotatable bonds is 5. The van der Waals surface area contributed by atoms with Crippen molar-refractivity contribution >= 4 is 0 Å². The van der Waals surface area contributed by atoms with Crippen molar-refractivity contribution in [2.45, 2.75) is 12.3 Å². The molecule has 2 atom stereocenters. The predicted molar refractivity (Wildman–Crippen MR) is 66.0 cm³/mol. The van der Waals surface area contributed by atoms with Crippen LogP contribution < -0.4 is 19.9 Å². The van der Waals surface area contributed by atoms with Crippen LogP contribution in [0.5, 0.6) is 17.2 Å². The number of methoxy groups -OCH3 is 3. The summed E-state index contributed by atoms with van der Waals surface area (Å²) in [5.74, 6) is 3.19. The molecule has 1 saturated carbocycles. The molecule has 0 aromatic heterocycles. The molecule has 1 aliphatic rings. The van der Waals surface area contributed by atoms with E-state index in [1.54, 1.807) is 21.3 Å². The maximum absolute atomic E-state index is 5.68. The number of nitrogens with two attached hydrogens (primary N) is 1. The highest BCUT2D eigenvalue weighted by Gasteiger charge is 2.39. The number of ether oxygens (including phenoxy) is 3. The normalized spacial score (nSPS) is 22.1. The van der Waals surface area contributed by atoms with Crippen molar-refractivity contribution in [3.63, 3.8) is 0 Å². The van der Waals surface area contributed by atoms with Crippen molar-refractivity contribution < 1.29 is 14.2 Å². The Hall–Kier alpha value is -1.42. The number of hydrogen-bond donors (Lipinski definition) is 1. The van der Waals surface area contributed by atoms with Crippen LogP contribution in [-0.4, -0.2) is 27.9 Å². The summed E-state index contributed by atoms with van der Waals surface area (Å²) in [6.45, 7) is 0.724. The summed E-state index contributed by atoms with van der Waals surface area (Å²) in [4.78, 5) is 0. The molecule has 4 nitrogen and oxygen atoms in total. The van der Waals surface area contributed by atoms with E-state index in [1.165, 1.54) is 5.56 Å². The summed E-state index contributed by atoms with van der Waals surface area (Å²) in [5, 5.41) is 0. The Labute approximate surface area is 102 Å². The lowest BCUT2D eigenvalue weighted by molar-refractivity contribution is 0.322. The van der Waals surface area contributed by atoms with Crippen LogP contribution in [0.15, 0.2) is 12.1 Å². The predicted octanol–water partition coefficient (Wildman–Crippen LogP) is 1.77. The molecule has 2 N–H and O–H groups in total. The first-order valence-electron chi connectivity index (χ1n) is 5.75. The van der Waals surface area contributed by atoms with Gasteiger partial charge < -0.3 is 19.9 Å². The minimum Gasteiger partial charge on any atom is -0.493 e. The second kappa shape index (κ2) is 4.84. The van der Waals surface area contributed by atoms with Crippen molar-refractivity contribution in [2.75, 3.05) is 27.9 Å². The topological polar surface area (TPSA) is 53.7 Å². The van der Waals surface area contributed by atoms with Crippen molar-refractivity contribution in [3.8, 4) is 17.2 Å². The Morgan fingerprint density at radius 2 is 1.82 bits per heavy atom. The largest absolute Gasteiger partial charge is 0.493 e. The van der Waals surface area contributed by atoms with Gasteiger partial charge in [0.15, 0.2) is 11.5 Å². The van der Waals surface area contributed by atoms with E-state index in [2.05, 4.69) is 0 Å². The average Bonchev–Trinajstić information content (AvgIpc) is 3.15. The maximum atomic E-state index is 5.68. The van der Waals surface area contributed by atoms with Gasteiger partial charge >= 0.3 is 0 Å². The first kappa shape index (κ1) is 12.0. The van der Waals surface area contributed by atoms with Gasteiger partial charge in [0.2, 0.25) is 5.75 Å². The third kappa shape index (κ3) is 2.05. The molecule has 1 fully saturated rings. The standard InChI is InChI=1S/C13H19NO3/c1-15-11-5-4-9(10-6-8(10)7-14)12(16-2)13(11)17-3/h4-5,8,10H,6-7,14H2,1-3H3. The summed E-state index contributed by atoms with van der Waals surface area (Å²) in [5.41, 5.74) is 6.85. The van der Waals surface area contributed by atoms with Crippen LogP contribution in [0.3, 0.4) is 0 Å². The molecule has 4 heteroatoms. The molecule has 0 aliphatic heterocycles. The van der Waals surface area contributed by atoms with Crippen LogP contribution in [0.1, 0.15) is 17.9 Å². The molecule has 0 saturated heterocycles. The van der Waals surface area contributed by atoms with Crippen molar-refractivity contribution in [3.05, 3.63) is 17.7 Å². The molecule has 2 rings (SSSR count). The molecule has 0 spiro atoms. The first-order chi connectivity index (χ1) is 8.26. The highest BCUT2D eigenvalue weighted by Crippen LogP contribution is 2.53. The summed E-state index contributed by atoms with van der Waals surface area (Å²) < 4.78 is 16.1. The van der Waals surface area contributed by atoms with Gasteiger partial charge in [-0.1, -0.05) is 6.07 Å². The summed E-state index contributed by atoms with van der Waals surface area (Å²) in [6, 6.07) is 3.96. The van der Waals surface area contributed by atoms with Crippen LogP contribution in [0.25, 0.3) is 0 Å². The fourth-order valence-corrected chi connectivity index (χ4v) is 2.31. The van der Waals surface area contributed by atoms with E-state index in [0.717, 1.165) is 18.7 Å². The summed E-state index contributed by atoms with van der Waals surface area (Å²) >= 11 is 0. The molecule has 0 radical (unpaired) electrons. The van der Waals surface area contributed by atoms with Gasteiger partial charge in [0.1, 0.15) is 0 Å². The Balaban J connectivity index is 2.40. The van der Waals surface area contributed by atoms with E-state index in [0.29, 0.717) is 23.3 Å². The Bertz CT molecular complexity index is 406. The third-order valence-corrected chi connectivity index (χ3v) is 3.36. The van der Waals surface area contributed by atoms with Crippen molar-refractivity contribution in [2.24, 2.45) is 11.7 Å². The van der Waals surface area contributed by atoms with Gasteiger partial charge in [-0.15, -0.1) is 0 Å². The first-order valence-corrected chi connectivity index (χ1v) is 5.75. The second-order valence-corrected chi connectivity index (χ2v) is 4.26. The van der Waals surface area contributed by atoms with Gasteiger partial charge in [-0.2, -0.15) is 0 Å². The zero-order valence-corrected chi connectivity index (χ0v) is 10.5. The van der Waals surface area contributed by atoms with Gasteiger partial charge in [-0.05, 0) is 30.9 Å². The van der Waals surface area contributed by atoms with E-state index in [-0.39, 0.29) is 0 Å². The van der Waals surface area contributed by atoms with Crippen molar-refractivity contribution in [1.29, 1.82) is 0 Å². The smallest absolute Gasteiger partial charge is 0.203 e. The second-order valence-electron chi connectivity index (χ2n) is 4.26. The lowest BCUT2D eigenvalue weighted by atomic mass is 10.1. The van der Waals surface area contributed by atoms with Crippen LogP contribution in [0.2, 0.25) is 0 Å².